The number of carbonyl (C=O) groups excluding carboxylic acids is 1. The minimum atomic E-state index is -0.353. The smallest absolute Gasteiger partial charge is 0.274 e. The molecule has 26 heavy (non-hydrogen) atoms. The van der Waals surface area contributed by atoms with Gasteiger partial charge in [-0.05, 0) is 43.3 Å². The van der Waals surface area contributed by atoms with Gasteiger partial charge in [0.1, 0.15) is 11.4 Å². The van der Waals surface area contributed by atoms with Gasteiger partial charge in [0, 0.05) is 16.9 Å². The number of hydrogen-bond acceptors (Lipinski definition) is 5. The summed E-state index contributed by atoms with van der Waals surface area (Å²) in [6.45, 7) is 2.39. The first kappa shape index (κ1) is 17.7. The van der Waals surface area contributed by atoms with E-state index in [2.05, 4.69) is 20.6 Å². The van der Waals surface area contributed by atoms with Crippen LogP contribution in [0.1, 0.15) is 17.4 Å². The number of anilines is 3. The summed E-state index contributed by atoms with van der Waals surface area (Å²) in [6, 6.07) is 15.9. The van der Waals surface area contributed by atoms with E-state index in [0.717, 1.165) is 5.69 Å². The summed E-state index contributed by atoms with van der Waals surface area (Å²) in [5.41, 5.74) is 1.55. The first-order valence-electron chi connectivity index (χ1n) is 8.04. The molecule has 1 amide bonds. The van der Waals surface area contributed by atoms with Gasteiger partial charge in [-0.25, -0.2) is 9.97 Å². The molecule has 0 bridgehead atoms. The first-order chi connectivity index (χ1) is 12.7. The molecule has 1 heterocycles. The van der Waals surface area contributed by atoms with Gasteiger partial charge in [0.15, 0.2) is 0 Å². The van der Waals surface area contributed by atoms with Crippen molar-refractivity contribution in [1.82, 2.24) is 9.97 Å². The number of nitrogens with zero attached hydrogens (tertiary/aromatic N) is 2. The fourth-order valence-electron chi connectivity index (χ4n) is 2.28. The van der Waals surface area contributed by atoms with Crippen LogP contribution in [0.5, 0.6) is 5.75 Å². The van der Waals surface area contributed by atoms with E-state index in [9.17, 15) is 4.79 Å². The van der Waals surface area contributed by atoms with E-state index in [-0.39, 0.29) is 11.6 Å². The van der Waals surface area contributed by atoms with Crippen molar-refractivity contribution in [3.8, 4) is 5.75 Å². The summed E-state index contributed by atoms with van der Waals surface area (Å²) in [7, 11) is 0. The third-order valence-corrected chi connectivity index (χ3v) is 3.64. The van der Waals surface area contributed by atoms with Gasteiger partial charge in [0.05, 0.1) is 12.3 Å². The molecule has 0 saturated carbocycles. The predicted octanol–water partition coefficient (Wildman–Crippen LogP) is 4.52. The van der Waals surface area contributed by atoms with Crippen molar-refractivity contribution in [2.24, 2.45) is 0 Å². The zero-order valence-corrected chi connectivity index (χ0v) is 14.8. The van der Waals surface area contributed by atoms with Crippen LogP contribution in [0.2, 0.25) is 5.02 Å². The molecule has 3 aromatic rings. The Labute approximate surface area is 156 Å². The molecule has 0 saturated heterocycles. The SMILES string of the molecule is CCOc1ccccc1NC(=O)c1ccnc(Nc2cccc(Cl)c2)n1. The topological polar surface area (TPSA) is 76.1 Å². The zero-order valence-electron chi connectivity index (χ0n) is 14.1. The maximum atomic E-state index is 12.5. The molecule has 0 spiro atoms. The molecule has 7 heteroatoms. The highest BCUT2D eigenvalue weighted by atomic mass is 35.5. The van der Waals surface area contributed by atoms with Crippen LogP contribution < -0.4 is 15.4 Å². The molecule has 0 aliphatic rings. The van der Waals surface area contributed by atoms with Crippen LogP contribution in [0, 0.1) is 0 Å². The van der Waals surface area contributed by atoms with Gasteiger partial charge in [0.2, 0.25) is 5.95 Å². The molecule has 1 aromatic heterocycles. The number of benzene rings is 2. The van der Waals surface area contributed by atoms with E-state index in [0.29, 0.717) is 29.0 Å². The summed E-state index contributed by atoms with van der Waals surface area (Å²) >= 11 is 5.97. The second-order valence-corrected chi connectivity index (χ2v) is 5.72. The van der Waals surface area contributed by atoms with Gasteiger partial charge in [-0.2, -0.15) is 0 Å². The lowest BCUT2D eigenvalue weighted by Gasteiger charge is -2.11. The normalized spacial score (nSPS) is 10.2. The largest absolute Gasteiger partial charge is 0.492 e. The molecular weight excluding hydrogens is 352 g/mol. The van der Waals surface area contributed by atoms with Crippen LogP contribution >= 0.6 is 11.6 Å². The maximum absolute atomic E-state index is 12.5. The molecule has 0 unspecified atom stereocenters. The van der Waals surface area contributed by atoms with Gasteiger partial charge in [0.25, 0.3) is 5.91 Å². The number of hydrogen-bond donors (Lipinski definition) is 2. The lowest BCUT2D eigenvalue weighted by atomic mass is 10.2. The van der Waals surface area contributed by atoms with E-state index in [1.807, 2.05) is 31.2 Å². The number of amides is 1. The molecule has 0 atom stereocenters. The summed E-state index contributed by atoms with van der Waals surface area (Å²) in [5.74, 6) is 0.557. The van der Waals surface area contributed by atoms with Crippen molar-refractivity contribution in [2.45, 2.75) is 6.92 Å². The lowest BCUT2D eigenvalue weighted by Crippen LogP contribution is -2.15. The Morgan fingerprint density at radius 3 is 2.81 bits per heavy atom. The minimum Gasteiger partial charge on any atom is -0.492 e. The fourth-order valence-corrected chi connectivity index (χ4v) is 2.47. The highest BCUT2D eigenvalue weighted by Gasteiger charge is 2.12. The standard InChI is InChI=1S/C19H17ClN4O2/c1-2-26-17-9-4-3-8-15(17)23-18(25)16-10-11-21-19(24-16)22-14-7-5-6-13(20)12-14/h3-12H,2H2,1H3,(H,23,25)(H,21,22,24). The molecule has 2 aromatic carbocycles. The molecule has 0 aliphatic carbocycles. The molecular formula is C19H17ClN4O2. The monoisotopic (exact) mass is 368 g/mol. The molecule has 6 nitrogen and oxygen atoms in total. The number of rotatable bonds is 6. The number of nitrogens with one attached hydrogen (secondary N) is 2. The number of carbonyl (C=O) groups is 1. The molecule has 0 aliphatic heterocycles. The van der Waals surface area contributed by atoms with Crippen molar-refractivity contribution in [3.63, 3.8) is 0 Å². The van der Waals surface area contributed by atoms with Gasteiger partial charge in [-0.15, -0.1) is 0 Å². The minimum absolute atomic E-state index is 0.232. The number of aromatic nitrogens is 2. The van der Waals surface area contributed by atoms with E-state index in [1.54, 1.807) is 30.3 Å². The molecule has 3 rings (SSSR count). The molecule has 0 fully saturated rings. The highest BCUT2D eigenvalue weighted by molar-refractivity contribution is 6.30. The quantitative estimate of drug-likeness (QED) is 0.668. The summed E-state index contributed by atoms with van der Waals surface area (Å²) < 4.78 is 5.52. The summed E-state index contributed by atoms with van der Waals surface area (Å²) in [6.07, 6.45) is 1.52. The second kappa shape index (κ2) is 8.31. The Morgan fingerprint density at radius 1 is 1.15 bits per heavy atom. The van der Waals surface area contributed by atoms with Crippen LogP contribution in [0.15, 0.2) is 60.8 Å². The predicted molar refractivity (Wildman–Crippen MR) is 102 cm³/mol. The lowest BCUT2D eigenvalue weighted by molar-refractivity contribution is 0.102. The van der Waals surface area contributed by atoms with E-state index < -0.39 is 0 Å². The Morgan fingerprint density at radius 2 is 2.00 bits per heavy atom. The number of ether oxygens (including phenoxy) is 1. The van der Waals surface area contributed by atoms with Crippen molar-refractivity contribution in [1.29, 1.82) is 0 Å². The van der Waals surface area contributed by atoms with E-state index in [1.165, 1.54) is 6.20 Å². The summed E-state index contributed by atoms with van der Waals surface area (Å²) in [5, 5.41) is 6.43. The van der Waals surface area contributed by atoms with Gasteiger partial charge < -0.3 is 15.4 Å². The maximum Gasteiger partial charge on any atom is 0.274 e. The Bertz CT molecular complexity index is 917. The van der Waals surface area contributed by atoms with Crippen LogP contribution in [-0.4, -0.2) is 22.5 Å². The van der Waals surface area contributed by atoms with Gasteiger partial charge in [-0.3, -0.25) is 4.79 Å². The number of para-hydroxylation sites is 2. The Balaban J connectivity index is 1.76. The van der Waals surface area contributed by atoms with Gasteiger partial charge >= 0.3 is 0 Å². The van der Waals surface area contributed by atoms with Crippen LogP contribution in [0.3, 0.4) is 0 Å². The average molecular weight is 369 g/mol. The van der Waals surface area contributed by atoms with Crippen molar-refractivity contribution in [3.05, 3.63) is 71.5 Å². The van der Waals surface area contributed by atoms with Crippen LogP contribution in [0.25, 0.3) is 0 Å². The second-order valence-electron chi connectivity index (χ2n) is 5.28. The molecule has 132 valence electrons. The summed E-state index contributed by atoms with van der Waals surface area (Å²) in [4.78, 5) is 20.9. The van der Waals surface area contributed by atoms with Crippen LogP contribution in [-0.2, 0) is 0 Å². The first-order valence-corrected chi connectivity index (χ1v) is 8.42. The van der Waals surface area contributed by atoms with Crippen molar-refractivity contribution < 1.29 is 9.53 Å². The van der Waals surface area contributed by atoms with E-state index in [4.69, 9.17) is 16.3 Å². The Kier molecular flexibility index (Phi) is 5.66. The average Bonchev–Trinajstić information content (AvgIpc) is 2.64. The molecule has 0 radical (unpaired) electrons. The Hall–Kier alpha value is -3.12. The third-order valence-electron chi connectivity index (χ3n) is 3.40. The zero-order chi connectivity index (χ0) is 18.4. The highest BCUT2D eigenvalue weighted by Crippen LogP contribution is 2.24. The fraction of sp³-hybridized carbons (Fsp3) is 0.105. The van der Waals surface area contributed by atoms with E-state index >= 15 is 0 Å². The number of halogens is 1. The molecule has 2 N–H and O–H groups in total. The third kappa shape index (κ3) is 4.49. The van der Waals surface area contributed by atoms with Crippen molar-refractivity contribution >= 4 is 34.8 Å². The van der Waals surface area contributed by atoms with Crippen molar-refractivity contribution in [2.75, 3.05) is 17.2 Å². The van der Waals surface area contributed by atoms with Crippen LogP contribution in [0.4, 0.5) is 17.3 Å². The van der Waals surface area contributed by atoms with Gasteiger partial charge in [-0.1, -0.05) is 29.8 Å².